The summed E-state index contributed by atoms with van der Waals surface area (Å²) in [5, 5.41) is 8.90. The molecule has 0 aromatic heterocycles. The molecule has 26 heavy (non-hydrogen) atoms. The van der Waals surface area contributed by atoms with Gasteiger partial charge in [0.25, 0.3) is 0 Å². The van der Waals surface area contributed by atoms with Crippen molar-refractivity contribution in [1.82, 2.24) is 4.90 Å². The molecular formula is C22H23N3O. The van der Waals surface area contributed by atoms with E-state index in [-0.39, 0.29) is 5.91 Å². The van der Waals surface area contributed by atoms with Gasteiger partial charge < -0.3 is 4.90 Å². The molecule has 0 saturated carbocycles. The Morgan fingerprint density at radius 1 is 1.08 bits per heavy atom. The van der Waals surface area contributed by atoms with E-state index in [1.54, 1.807) is 4.90 Å². The van der Waals surface area contributed by atoms with Gasteiger partial charge in [-0.15, -0.1) is 0 Å². The zero-order chi connectivity index (χ0) is 18.2. The zero-order valence-electron chi connectivity index (χ0n) is 14.8. The smallest absolute Gasteiger partial charge is 0.241 e. The van der Waals surface area contributed by atoms with E-state index >= 15 is 0 Å². The van der Waals surface area contributed by atoms with E-state index in [0.717, 1.165) is 25.2 Å². The molecule has 0 aliphatic carbocycles. The molecule has 0 N–H and O–H groups in total. The average Bonchev–Trinajstić information content (AvgIpc) is 2.70. The Bertz CT molecular complexity index is 793. The van der Waals surface area contributed by atoms with Crippen molar-refractivity contribution >= 4 is 17.2 Å². The Morgan fingerprint density at radius 3 is 2.38 bits per heavy atom. The van der Waals surface area contributed by atoms with Crippen LogP contribution in [0.2, 0.25) is 0 Å². The summed E-state index contributed by atoms with van der Waals surface area (Å²) in [5.41, 5.74) is 3.46. The highest BCUT2D eigenvalue weighted by Crippen LogP contribution is 2.22. The molecule has 0 fully saturated rings. The van der Waals surface area contributed by atoms with Crippen LogP contribution in [0, 0.1) is 11.3 Å². The molecule has 132 valence electrons. The highest BCUT2D eigenvalue weighted by atomic mass is 16.2. The highest BCUT2D eigenvalue weighted by molar-refractivity contribution is 5.94. The second kappa shape index (κ2) is 8.98. The highest BCUT2D eigenvalue weighted by Gasteiger charge is 2.20. The van der Waals surface area contributed by atoms with Crippen LogP contribution in [0.4, 0.5) is 5.69 Å². The molecular weight excluding hydrogens is 322 g/mol. The maximum Gasteiger partial charge on any atom is 0.241 e. The molecule has 4 heteroatoms. The van der Waals surface area contributed by atoms with Gasteiger partial charge in [0.1, 0.15) is 0 Å². The molecule has 1 heterocycles. The molecule has 1 amide bonds. The summed E-state index contributed by atoms with van der Waals surface area (Å²) in [6, 6.07) is 22.1. The number of carbonyl (C=O) groups excluding carboxylic acids is 1. The lowest BCUT2D eigenvalue weighted by Gasteiger charge is -2.29. The van der Waals surface area contributed by atoms with Gasteiger partial charge in [-0.25, -0.2) is 0 Å². The predicted octanol–water partition coefficient (Wildman–Crippen LogP) is 3.72. The van der Waals surface area contributed by atoms with Crippen LogP contribution in [0.1, 0.15) is 18.4 Å². The van der Waals surface area contributed by atoms with Gasteiger partial charge in [0, 0.05) is 25.3 Å². The van der Waals surface area contributed by atoms with E-state index in [9.17, 15) is 4.79 Å². The number of rotatable bonds is 6. The largest absolute Gasteiger partial charge is 0.310 e. The summed E-state index contributed by atoms with van der Waals surface area (Å²) in [6.07, 6.45) is 3.49. The van der Waals surface area contributed by atoms with Crippen molar-refractivity contribution < 1.29 is 4.79 Å². The first-order valence-electron chi connectivity index (χ1n) is 8.97. The van der Waals surface area contributed by atoms with Crippen LogP contribution in [-0.4, -0.2) is 37.0 Å². The van der Waals surface area contributed by atoms with Gasteiger partial charge in [0.05, 0.1) is 19.0 Å². The Labute approximate surface area is 155 Å². The van der Waals surface area contributed by atoms with Gasteiger partial charge in [-0.3, -0.25) is 9.69 Å². The molecule has 0 unspecified atom stereocenters. The molecule has 0 saturated heterocycles. The average molecular weight is 345 g/mol. The summed E-state index contributed by atoms with van der Waals surface area (Å²) in [7, 11) is 0. The fraction of sp³-hybridized carbons (Fsp3) is 0.273. The van der Waals surface area contributed by atoms with Crippen LogP contribution >= 0.6 is 0 Å². The molecule has 3 rings (SSSR count). The lowest BCUT2D eigenvalue weighted by atomic mass is 9.99. The maximum atomic E-state index is 12.8. The van der Waals surface area contributed by atoms with Gasteiger partial charge >= 0.3 is 0 Å². The number of nitrogens with zero attached hydrogens (tertiary/aromatic N) is 3. The molecule has 0 radical (unpaired) electrons. The lowest BCUT2D eigenvalue weighted by Crippen LogP contribution is -2.42. The Morgan fingerprint density at radius 2 is 1.77 bits per heavy atom. The van der Waals surface area contributed by atoms with E-state index in [4.69, 9.17) is 5.26 Å². The lowest BCUT2D eigenvalue weighted by molar-refractivity contribution is -0.119. The minimum Gasteiger partial charge on any atom is -0.310 e. The summed E-state index contributed by atoms with van der Waals surface area (Å²) in [5.74, 6) is 0.0445. The van der Waals surface area contributed by atoms with Crippen molar-refractivity contribution in [2.24, 2.45) is 0 Å². The summed E-state index contributed by atoms with van der Waals surface area (Å²) >= 11 is 0. The van der Waals surface area contributed by atoms with E-state index in [0.29, 0.717) is 19.5 Å². The van der Waals surface area contributed by atoms with Crippen molar-refractivity contribution in [3.63, 3.8) is 0 Å². The summed E-state index contributed by atoms with van der Waals surface area (Å²) in [6.45, 7) is 2.45. The first-order valence-corrected chi connectivity index (χ1v) is 8.97. The standard InChI is InChI=1S/C22H23N3O/c23-14-7-15-25(21-10-5-2-6-11-21)22(26)18-24-16-12-20(13-17-24)19-8-3-1-4-9-19/h1-6,8-12H,7,13,15-18H2. The molecule has 0 bridgehead atoms. The number of para-hydroxylation sites is 1. The summed E-state index contributed by atoms with van der Waals surface area (Å²) in [4.78, 5) is 16.7. The second-order valence-corrected chi connectivity index (χ2v) is 6.37. The number of nitriles is 1. The quantitative estimate of drug-likeness (QED) is 0.801. The fourth-order valence-corrected chi connectivity index (χ4v) is 3.21. The maximum absolute atomic E-state index is 12.8. The van der Waals surface area contributed by atoms with Gasteiger partial charge in [0.2, 0.25) is 5.91 Å². The van der Waals surface area contributed by atoms with Crippen LogP contribution in [0.5, 0.6) is 0 Å². The topological polar surface area (TPSA) is 47.3 Å². The SMILES string of the molecule is N#CCCN(C(=O)CN1CC=C(c2ccccc2)CC1)c1ccccc1. The van der Waals surface area contributed by atoms with Crippen LogP contribution in [0.25, 0.3) is 5.57 Å². The third-order valence-corrected chi connectivity index (χ3v) is 4.61. The van der Waals surface area contributed by atoms with E-state index in [2.05, 4.69) is 41.3 Å². The van der Waals surface area contributed by atoms with Crippen molar-refractivity contribution in [2.75, 3.05) is 31.1 Å². The Balaban J connectivity index is 1.63. The summed E-state index contributed by atoms with van der Waals surface area (Å²) < 4.78 is 0. The monoisotopic (exact) mass is 345 g/mol. The minimum absolute atomic E-state index is 0.0445. The number of hydrogen-bond donors (Lipinski definition) is 0. The number of amides is 1. The van der Waals surface area contributed by atoms with E-state index in [1.165, 1.54) is 11.1 Å². The first kappa shape index (κ1) is 17.9. The number of anilines is 1. The van der Waals surface area contributed by atoms with Crippen molar-refractivity contribution in [1.29, 1.82) is 5.26 Å². The third-order valence-electron chi connectivity index (χ3n) is 4.61. The fourth-order valence-electron chi connectivity index (χ4n) is 3.21. The molecule has 2 aromatic rings. The van der Waals surface area contributed by atoms with Crippen molar-refractivity contribution in [2.45, 2.75) is 12.8 Å². The zero-order valence-corrected chi connectivity index (χ0v) is 14.8. The Kier molecular flexibility index (Phi) is 6.19. The minimum atomic E-state index is 0.0445. The van der Waals surface area contributed by atoms with Crippen LogP contribution < -0.4 is 4.90 Å². The second-order valence-electron chi connectivity index (χ2n) is 6.37. The molecule has 0 spiro atoms. The number of hydrogen-bond acceptors (Lipinski definition) is 3. The number of carbonyl (C=O) groups is 1. The molecule has 4 nitrogen and oxygen atoms in total. The molecule has 2 aromatic carbocycles. The van der Waals surface area contributed by atoms with Crippen LogP contribution in [0.3, 0.4) is 0 Å². The van der Waals surface area contributed by atoms with Crippen LogP contribution in [-0.2, 0) is 4.79 Å². The van der Waals surface area contributed by atoms with Gasteiger partial charge in [0.15, 0.2) is 0 Å². The predicted molar refractivity (Wildman–Crippen MR) is 105 cm³/mol. The van der Waals surface area contributed by atoms with Gasteiger partial charge in [-0.2, -0.15) is 5.26 Å². The van der Waals surface area contributed by atoms with Crippen molar-refractivity contribution in [3.8, 4) is 6.07 Å². The molecule has 1 aliphatic rings. The molecule has 1 aliphatic heterocycles. The van der Waals surface area contributed by atoms with Gasteiger partial charge in [-0.05, 0) is 29.7 Å². The molecule has 0 atom stereocenters. The van der Waals surface area contributed by atoms with E-state index < -0.39 is 0 Å². The van der Waals surface area contributed by atoms with E-state index in [1.807, 2.05) is 36.4 Å². The Hall–Kier alpha value is -2.90. The van der Waals surface area contributed by atoms with Crippen molar-refractivity contribution in [3.05, 3.63) is 72.3 Å². The van der Waals surface area contributed by atoms with Gasteiger partial charge in [-0.1, -0.05) is 54.6 Å². The normalized spacial score (nSPS) is 14.3. The van der Waals surface area contributed by atoms with Crippen LogP contribution in [0.15, 0.2) is 66.7 Å². The first-order chi connectivity index (χ1) is 12.8. The number of benzene rings is 2. The third kappa shape index (κ3) is 4.59.